The number of ether oxygens (including phenoxy) is 1. The Hall–Kier alpha value is -3.19. The number of esters is 1. The Morgan fingerprint density at radius 1 is 1.04 bits per heavy atom. The summed E-state index contributed by atoms with van der Waals surface area (Å²) in [5.41, 5.74) is 2.07. The number of hydrogen-bond acceptors (Lipinski definition) is 7. The molecule has 0 saturated heterocycles. The highest BCUT2D eigenvalue weighted by Crippen LogP contribution is 2.24. The lowest BCUT2D eigenvalue weighted by Gasteiger charge is -2.00. The Balaban J connectivity index is 1.33. The Kier molecular flexibility index (Phi) is 4.61. The minimum atomic E-state index is -0.384. The normalized spacial score (nSPS) is 10.8. The standard InChI is InChI=1S/C19H14N2O4S/c22-17(9-14-10-25-18(20-14)13-5-2-1-3-6-13)24-11-15-12-26-19(21-15)16-7-4-8-23-16/h1-8,10,12H,9,11H2. The Labute approximate surface area is 153 Å². The molecule has 0 spiro atoms. The molecule has 4 rings (SSSR count). The van der Waals surface area contributed by atoms with Crippen LogP contribution in [0, 0.1) is 0 Å². The quantitative estimate of drug-likeness (QED) is 0.472. The van der Waals surface area contributed by atoms with E-state index >= 15 is 0 Å². The van der Waals surface area contributed by atoms with E-state index in [0.29, 0.717) is 23.0 Å². The number of oxazole rings is 1. The second-order valence-electron chi connectivity index (χ2n) is 5.47. The van der Waals surface area contributed by atoms with Crippen LogP contribution >= 0.6 is 11.3 Å². The van der Waals surface area contributed by atoms with Crippen LogP contribution in [0.25, 0.3) is 22.2 Å². The molecule has 3 aromatic heterocycles. The fourth-order valence-electron chi connectivity index (χ4n) is 2.34. The van der Waals surface area contributed by atoms with Crippen molar-refractivity contribution in [2.75, 3.05) is 0 Å². The van der Waals surface area contributed by atoms with Crippen LogP contribution in [0.15, 0.2) is 69.2 Å². The second kappa shape index (κ2) is 7.37. The van der Waals surface area contributed by atoms with Crippen molar-refractivity contribution in [3.05, 3.63) is 71.8 Å². The van der Waals surface area contributed by atoms with Gasteiger partial charge in [0.2, 0.25) is 5.89 Å². The molecular weight excluding hydrogens is 352 g/mol. The van der Waals surface area contributed by atoms with Gasteiger partial charge in [0.05, 0.1) is 24.1 Å². The molecule has 3 heterocycles. The molecule has 0 bridgehead atoms. The molecule has 0 unspecified atom stereocenters. The van der Waals surface area contributed by atoms with E-state index in [2.05, 4.69) is 9.97 Å². The summed E-state index contributed by atoms with van der Waals surface area (Å²) < 4.78 is 16.0. The molecule has 26 heavy (non-hydrogen) atoms. The van der Waals surface area contributed by atoms with Crippen LogP contribution in [0.5, 0.6) is 0 Å². The first kappa shape index (κ1) is 16.3. The van der Waals surface area contributed by atoms with Gasteiger partial charge in [-0.3, -0.25) is 4.79 Å². The fourth-order valence-corrected chi connectivity index (χ4v) is 3.11. The van der Waals surface area contributed by atoms with Crippen molar-refractivity contribution >= 4 is 17.3 Å². The van der Waals surface area contributed by atoms with Crippen molar-refractivity contribution in [2.24, 2.45) is 0 Å². The number of benzene rings is 1. The van der Waals surface area contributed by atoms with Gasteiger partial charge in [0, 0.05) is 10.9 Å². The van der Waals surface area contributed by atoms with Crippen molar-refractivity contribution in [1.29, 1.82) is 0 Å². The van der Waals surface area contributed by atoms with Crippen molar-refractivity contribution in [1.82, 2.24) is 9.97 Å². The van der Waals surface area contributed by atoms with E-state index in [-0.39, 0.29) is 19.0 Å². The summed E-state index contributed by atoms with van der Waals surface area (Å²) in [6.07, 6.45) is 3.12. The topological polar surface area (TPSA) is 78.4 Å². The lowest BCUT2D eigenvalue weighted by Crippen LogP contribution is -2.08. The Morgan fingerprint density at radius 3 is 2.73 bits per heavy atom. The number of thiazole rings is 1. The summed E-state index contributed by atoms with van der Waals surface area (Å²) in [6.45, 7) is 0.111. The number of aromatic nitrogens is 2. The maximum atomic E-state index is 12.0. The molecule has 0 aliphatic carbocycles. The average molecular weight is 366 g/mol. The van der Waals surface area contributed by atoms with Gasteiger partial charge in [-0.15, -0.1) is 11.3 Å². The largest absolute Gasteiger partial charge is 0.462 e. The minimum absolute atomic E-state index is 0.0471. The zero-order chi connectivity index (χ0) is 17.8. The minimum Gasteiger partial charge on any atom is -0.462 e. The van der Waals surface area contributed by atoms with Crippen molar-refractivity contribution in [3.63, 3.8) is 0 Å². The monoisotopic (exact) mass is 366 g/mol. The molecule has 0 amide bonds. The van der Waals surface area contributed by atoms with Gasteiger partial charge in [0.25, 0.3) is 0 Å². The van der Waals surface area contributed by atoms with E-state index in [4.69, 9.17) is 13.6 Å². The van der Waals surface area contributed by atoms with Gasteiger partial charge in [-0.05, 0) is 24.3 Å². The number of hydrogen-bond donors (Lipinski definition) is 0. The molecule has 7 heteroatoms. The first-order valence-electron chi connectivity index (χ1n) is 7.91. The molecule has 0 saturated carbocycles. The second-order valence-corrected chi connectivity index (χ2v) is 6.33. The van der Waals surface area contributed by atoms with Crippen molar-refractivity contribution in [2.45, 2.75) is 13.0 Å². The molecule has 0 N–H and O–H groups in total. The highest BCUT2D eigenvalue weighted by Gasteiger charge is 2.13. The van der Waals surface area contributed by atoms with E-state index in [1.807, 2.05) is 41.8 Å². The molecule has 0 fully saturated rings. The zero-order valence-corrected chi connectivity index (χ0v) is 14.4. The number of nitrogens with zero attached hydrogens (tertiary/aromatic N) is 2. The van der Waals surface area contributed by atoms with Gasteiger partial charge in [0.1, 0.15) is 12.9 Å². The third kappa shape index (κ3) is 3.73. The number of furan rings is 1. The summed E-state index contributed by atoms with van der Waals surface area (Å²) in [6, 6.07) is 13.2. The molecule has 1 aromatic carbocycles. The maximum Gasteiger partial charge on any atom is 0.312 e. The van der Waals surface area contributed by atoms with Gasteiger partial charge in [-0.25, -0.2) is 9.97 Å². The van der Waals surface area contributed by atoms with Crippen LogP contribution < -0.4 is 0 Å². The van der Waals surface area contributed by atoms with Crippen molar-refractivity contribution in [3.8, 4) is 22.2 Å². The van der Waals surface area contributed by atoms with Crippen LogP contribution in [0.2, 0.25) is 0 Å². The summed E-state index contributed by atoms with van der Waals surface area (Å²) in [4.78, 5) is 20.7. The van der Waals surface area contributed by atoms with Crippen LogP contribution in [-0.4, -0.2) is 15.9 Å². The SMILES string of the molecule is O=C(Cc1coc(-c2ccccc2)n1)OCc1csc(-c2ccco2)n1. The molecular formula is C19H14N2O4S. The highest BCUT2D eigenvalue weighted by molar-refractivity contribution is 7.13. The van der Waals surface area contributed by atoms with Crippen molar-refractivity contribution < 1.29 is 18.4 Å². The zero-order valence-electron chi connectivity index (χ0n) is 13.6. The van der Waals surface area contributed by atoms with Gasteiger partial charge in [-0.2, -0.15) is 0 Å². The first-order valence-corrected chi connectivity index (χ1v) is 8.79. The predicted molar refractivity (Wildman–Crippen MR) is 95.3 cm³/mol. The highest BCUT2D eigenvalue weighted by atomic mass is 32.1. The Morgan fingerprint density at radius 2 is 1.92 bits per heavy atom. The average Bonchev–Trinajstić information content (AvgIpc) is 3.41. The summed E-state index contributed by atoms with van der Waals surface area (Å²) >= 11 is 1.44. The maximum absolute atomic E-state index is 12.0. The van der Waals surface area contributed by atoms with Gasteiger partial charge in [-0.1, -0.05) is 18.2 Å². The number of rotatable bonds is 6. The summed E-state index contributed by atoms with van der Waals surface area (Å²) in [5, 5.41) is 2.60. The Bertz CT molecular complexity index is 990. The number of carbonyl (C=O) groups excluding carboxylic acids is 1. The van der Waals surface area contributed by atoms with E-state index < -0.39 is 0 Å². The lowest BCUT2D eigenvalue weighted by atomic mass is 10.2. The van der Waals surface area contributed by atoms with E-state index in [1.165, 1.54) is 17.6 Å². The molecule has 0 aliphatic heterocycles. The van der Waals surface area contributed by atoms with Crippen LogP contribution in [0.3, 0.4) is 0 Å². The predicted octanol–water partition coefficient (Wildman–Crippen LogP) is 4.34. The molecule has 0 radical (unpaired) electrons. The molecule has 130 valence electrons. The van der Waals surface area contributed by atoms with Gasteiger partial charge < -0.3 is 13.6 Å². The van der Waals surface area contributed by atoms with E-state index in [0.717, 1.165) is 10.6 Å². The fraction of sp³-hybridized carbons (Fsp3) is 0.105. The van der Waals surface area contributed by atoms with E-state index in [9.17, 15) is 4.79 Å². The number of carbonyl (C=O) groups is 1. The summed E-state index contributed by atoms with van der Waals surface area (Å²) in [7, 11) is 0. The summed E-state index contributed by atoms with van der Waals surface area (Å²) in [5.74, 6) is 0.796. The third-order valence-electron chi connectivity index (χ3n) is 3.56. The van der Waals surface area contributed by atoms with Crippen LogP contribution in [-0.2, 0) is 22.6 Å². The molecule has 0 atom stereocenters. The smallest absolute Gasteiger partial charge is 0.312 e. The molecule has 6 nitrogen and oxygen atoms in total. The van der Waals surface area contributed by atoms with Crippen LogP contribution in [0.4, 0.5) is 0 Å². The van der Waals surface area contributed by atoms with Gasteiger partial charge >= 0.3 is 5.97 Å². The third-order valence-corrected chi connectivity index (χ3v) is 4.47. The molecule has 4 aromatic rings. The molecule has 0 aliphatic rings. The van der Waals surface area contributed by atoms with Gasteiger partial charge in [0.15, 0.2) is 10.8 Å². The first-order chi connectivity index (χ1) is 12.8. The lowest BCUT2D eigenvalue weighted by molar-refractivity contribution is -0.144. The van der Waals surface area contributed by atoms with E-state index in [1.54, 1.807) is 12.3 Å². The van der Waals surface area contributed by atoms with Crippen LogP contribution in [0.1, 0.15) is 11.4 Å².